The molecule has 0 aliphatic carbocycles. The number of nitrogens with zero attached hydrogens (tertiary/aromatic N) is 1. The van der Waals surface area contributed by atoms with Gasteiger partial charge in [-0.15, -0.1) is 11.3 Å². The van der Waals surface area contributed by atoms with Gasteiger partial charge in [-0.1, -0.05) is 0 Å². The molecule has 1 fully saturated rings. The van der Waals surface area contributed by atoms with E-state index >= 15 is 0 Å². The van der Waals surface area contributed by atoms with E-state index in [9.17, 15) is 0 Å². The molecule has 0 aromatic carbocycles. The maximum atomic E-state index is 6.16. The molecule has 2 heterocycles. The van der Waals surface area contributed by atoms with Gasteiger partial charge >= 0.3 is 0 Å². The Morgan fingerprint density at radius 3 is 2.94 bits per heavy atom. The number of hydrogen-bond acceptors (Lipinski definition) is 4. The second-order valence-electron chi connectivity index (χ2n) is 4.65. The Labute approximate surface area is 115 Å². The normalized spacial score (nSPS) is 25.8. The zero-order valence-electron chi connectivity index (χ0n) is 10.2. The second-order valence-corrected chi connectivity index (χ2v) is 6.51. The quantitative estimate of drug-likeness (QED) is 0.931. The Hall–Kier alpha value is 0.0600. The van der Waals surface area contributed by atoms with Gasteiger partial charge in [0, 0.05) is 33.9 Å². The lowest BCUT2D eigenvalue weighted by Gasteiger charge is -2.38. The van der Waals surface area contributed by atoms with Gasteiger partial charge in [-0.2, -0.15) is 0 Å². The molecular formula is C12H19BrN2OS. The summed E-state index contributed by atoms with van der Waals surface area (Å²) in [6, 6.07) is 2.61. The van der Waals surface area contributed by atoms with Crippen molar-refractivity contribution in [3.8, 4) is 0 Å². The third-order valence-corrected chi connectivity index (χ3v) is 4.81. The van der Waals surface area contributed by atoms with Crippen LogP contribution in [-0.2, 0) is 4.74 Å². The maximum Gasteiger partial charge on any atom is 0.0674 e. The van der Waals surface area contributed by atoms with Crippen molar-refractivity contribution in [2.24, 2.45) is 5.73 Å². The highest BCUT2D eigenvalue weighted by Crippen LogP contribution is 2.32. The maximum absolute atomic E-state index is 6.16. The molecule has 17 heavy (non-hydrogen) atoms. The smallest absolute Gasteiger partial charge is 0.0674 e. The fourth-order valence-electron chi connectivity index (χ4n) is 2.35. The van der Waals surface area contributed by atoms with Crippen LogP contribution >= 0.6 is 27.3 Å². The molecule has 1 aliphatic rings. The summed E-state index contributed by atoms with van der Waals surface area (Å²) in [6.45, 7) is 6.93. The standard InChI is InChI=1S/C12H19BrN2OS/c1-8-6-15(3-4-16-8)12(9(2)14)11-5-10(13)7-17-11/h5,7-9,12H,3-4,6,14H2,1-2H3. The monoisotopic (exact) mass is 318 g/mol. The fourth-order valence-corrected chi connectivity index (χ4v) is 4.05. The van der Waals surface area contributed by atoms with Gasteiger partial charge in [-0.05, 0) is 35.8 Å². The topological polar surface area (TPSA) is 38.5 Å². The molecule has 1 aromatic rings. The largest absolute Gasteiger partial charge is 0.376 e. The molecule has 1 saturated heterocycles. The number of hydrogen-bond donors (Lipinski definition) is 1. The van der Waals surface area contributed by atoms with Crippen molar-refractivity contribution in [1.29, 1.82) is 0 Å². The van der Waals surface area contributed by atoms with Crippen molar-refractivity contribution in [1.82, 2.24) is 4.90 Å². The number of rotatable bonds is 3. The lowest BCUT2D eigenvalue weighted by atomic mass is 10.1. The lowest BCUT2D eigenvalue weighted by Crippen LogP contribution is -2.47. The summed E-state index contributed by atoms with van der Waals surface area (Å²) >= 11 is 5.28. The lowest BCUT2D eigenvalue weighted by molar-refractivity contribution is -0.0370. The third-order valence-electron chi connectivity index (χ3n) is 3.04. The van der Waals surface area contributed by atoms with E-state index in [-0.39, 0.29) is 6.04 Å². The van der Waals surface area contributed by atoms with Gasteiger partial charge in [0.1, 0.15) is 0 Å². The summed E-state index contributed by atoms with van der Waals surface area (Å²) in [5.74, 6) is 0. The summed E-state index contributed by atoms with van der Waals surface area (Å²) in [5, 5.41) is 2.12. The number of thiophene rings is 1. The van der Waals surface area contributed by atoms with Crippen molar-refractivity contribution in [2.75, 3.05) is 19.7 Å². The predicted octanol–water partition coefficient (Wildman–Crippen LogP) is 2.62. The number of ether oxygens (including phenoxy) is 1. The van der Waals surface area contributed by atoms with Crippen LogP contribution in [-0.4, -0.2) is 36.7 Å². The van der Waals surface area contributed by atoms with E-state index in [2.05, 4.69) is 46.1 Å². The zero-order valence-corrected chi connectivity index (χ0v) is 12.6. The van der Waals surface area contributed by atoms with Gasteiger partial charge in [0.2, 0.25) is 0 Å². The van der Waals surface area contributed by atoms with Crippen molar-refractivity contribution in [3.05, 3.63) is 20.8 Å². The van der Waals surface area contributed by atoms with Crippen LogP contribution in [0.3, 0.4) is 0 Å². The highest BCUT2D eigenvalue weighted by molar-refractivity contribution is 9.10. The van der Waals surface area contributed by atoms with E-state index in [1.807, 2.05) is 0 Å². The van der Waals surface area contributed by atoms with E-state index in [1.54, 1.807) is 11.3 Å². The average Bonchev–Trinajstić information content (AvgIpc) is 2.64. The highest BCUT2D eigenvalue weighted by Gasteiger charge is 2.29. The van der Waals surface area contributed by atoms with E-state index < -0.39 is 0 Å². The molecule has 3 atom stereocenters. The van der Waals surface area contributed by atoms with E-state index in [4.69, 9.17) is 10.5 Å². The Balaban J connectivity index is 2.17. The zero-order chi connectivity index (χ0) is 12.4. The van der Waals surface area contributed by atoms with Gasteiger partial charge in [-0.3, -0.25) is 4.90 Å². The molecule has 0 saturated carbocycles. The van der Waals surface area contributed by atoms with Gasteiger partial charge < -0.3 is 10.5 Å². The number of nitrogens with two attached hydrogens (primary N) is 1. The first kappa shape index (κ1) is 13.5. The van der Waals surface area contributed by atoms with Crippen molar-refractivity contribution in [2.45, 2.75) is 32.0 Å². The third kappa shape index (κ3) is 3.29. The van der Waals surface area contributed by atoms with Crippen LogP contribution in [0.4, 0.5) is 0 Å². The molecule has 2 rings (SSSR count). The summed E-state index contributed by atoms with van der Waals surface area (Å²) in [4.78, 5) is 3.78. The molecule has 3 unspecified atom stereocenters. The van der Waals surface area contributed by atoms with Gasteiger partial charge in [0.25, 0.3) is 0 Å². The Morgan fingerprint density at radius 2 is 2.41 bits per heavy atom. The predicted molar refractivity (Wildman–Crippen MR) is 75.4 cm³/mol. The van der Waals surface area contributed by atoms with Crippen molar-refractivity contribution < 1.29 is 4.74 Å². The Bertz CT molecular complexity index is 369. The molecule has 2 N–H and O–H groups in total. The first-order chi connectivity index (χ1) is 8.08. The van der Waals surface area contributed by atoms with E-state index in [0.29, 0.717) is 12.1 Å². The van der Waals surface area contributed by atoms with Crippen molar-refractivity contribution >= 4 is 27.3 Å². The average molecular weight is 319 g/mol. The molecule has 0 amide bonds. The van der Waals surface area contributed by atoms with Crippen molar-refractivity contribution in [3.63, 3.8) is 0 Å². The van der Waals surface area contributed by atoms with Gasteiger partial charge in [0.05, 0.1) is 18.8 Å². The molecule has 0 spiro atoms. The van der Waals surface area contributed by atoms with Crippen LogP contribution in [0.5, 0.6) is 0 Å². The molecule has 96 valence electrons. The van der Waals surface area contributed by atoms with Crippen LogP contribution in [0.25, 0.3) is 0 Å². The summed E-state index contributed by atoms with van der Waals surface area (Å²) in [7, 11) is 0. The first-order valence-electron chi connectivity index (χ1n) is 5.93. The van der Waals surface area contributed by atoms with Gasteiger partial charge in [0.15, 0.2) is 0 Å². The molecule has 3 nitrogen and oxygen atoms in total. The molecule has 1 aliphatic heterocycles. The summed E-state index contributed by atoms with van der Waals surface area (Å²) in [6.07, 6.45) is 0.299. The molecule has 0 radical (unpaired) electrons. The minimum atomic E-state index is 0.130. The van der Waals surface area contributed by atoms with Crippen LogP contribution in [0, 0.1) is 0 Å². The van der Waals surface area contributed by atoms with E-state index in [0.717, 1.165) is 24.2 Å². The number of halogens is 1. The summed E-state index contributed by atoms with van der Waals surface area (Å²) < 4.78 is 6.73. The second kappa shape index (κ2) is 5.80. The Morgan fingerprint density at radius 1 is 1.65 bits per heavy atom. The van der Waals surface area contributed by atoms with Crippen LogP contribution in [0.1, 0.15) is 24.8 Å². The Kier molecular flexibility index (Phi) is 4.60. The first-order valence-corrected chi connectivity index (χ1v) is 7.60. The number of morpholine rings is 1. The highest BCUT2D eigenvalue weighted by atomic mass is 79.9. The van der Waals surface area contributed by atoms with Crippen LogP contribution < -0.4 is 5.73 Å². The molecule has 1 aromatic heterocycles. The molecule has 5 heteroatoms. The fraction of sp³-hybridized carbons (Fsp3) is 0.667. The minimum Gasteiger partial charge on any atom is -0.376 e. The molecular weight excluding hydrogens is 300 g/mol. The molecule has 0 bridgehead atoms. The van der Waals surface area contributed by atoms with Crippen LogP contribution in [0.15, 0.2) is 15.9 Å². The van der Waals surface area contributed by atoms with Crippen LogP contribution in [0.2, 0.25) is 0 Å². The van der Waals surface area contributed by atoms with E-state index in [1.165, 1.54) is 4.88 Å². The van der Waals surface area contributed by atoms with Gasteiger partial charge in [-0.25, -0.2) is 0 Å². The minimum absolute atomic E-state index is 0.130. The summed E-state index contributed by atoms with van der Waals surface area (Å²) in [5.41, 5.74) is 6.16. The SMILES string of the molecule is CC1CN(C(c2cc(Br)cs2)C(C)N)CCO1.